The molecular formula is C14H25N3O3. The molecule has 2 heterocycles. The third-order valence-corrected chi connectivity index (χ3v) is 4.28. The van der Waals surface area contributed by atoms with E-state index in [9.17, 15) is 9.59 Å². The molecule has 0 bridgehead atoms. The molecule has 2 aliphatic rings. The van der Waals surface area contributed by atoms with Crippen molar-refractivity contribution in [2.24, 2.45) is 17.6 Å². The van der Waals surface area contributed by atoms with Gasteiger partial charge in [-0.2, -0.15) is 0 Å². The van der Waals surface area contributed by atoms with Crippen LogP contribution in [0.25, 0.3) is 0 Å². The molecular weight excluding hydrogens is 258 g/mol. The molecule has 2 atom stereocenters. The normalized spacial score (nSPS) is 27.8. The summed E-state index contributed by atoms with van der Waals surface area (Å²) in [5.74, 6) is 0.209. The Hall–Kier alpha value is -1.14. The maximum Gasteiger partial charge on any atom is 0.229 e. The van der Waals surface area contributed by atoms with Gasteiger partial charge in [0.25, 0.3) is 0 Å². The average molecular weight is 283 g/mol. The summed E-state index contributed by atoms with van der Waals surface area (Å²) in [6, 6.07) is 0.135. The molecule has 2 aliphatic heterocycles. The first kappa shape index (κ1) is 15.3. The van der Waals surface area contributed by atoms with Crippen molar-refractivity contribution < 1.29 is 14.3 Å². The second kappa shape index (κ2) is 7.04. The van der Waals surface area contributed by atoms with Gasteiger partial charge in [-0.1, -0.05) is 6.92 Å². The highest BCUT2D eigenvalue weighted by atomic mass is 16.5. The summed E-state index contributed by atoms with van der Waals surface area (Å²) in [5.41, 5.74) is 5.22. The minimum absolute atomic E-state index is 0.0670. The molecule has 2 unspecified atom stereocenters. The van der Waals surface area contributed by atoms with Gasteiger partial charge in [0.05, 0.1) is 19.1 Å². The molecule has 0 radical (unpaired) electrons. The topological polar surface area (TPSA) is 84.7 Å². The van der Waals surface area contributed by atoms with Gasteiger partial charge >= 0.3 is 0 Å². The first-order valence-electron chi connectivity index (χ1n) is 7.50. The van der Waals surface area contributed by atoms with Gasteiger partial charge in [-0.05, 0) is 25.3 Å². The number of rotatable bonds is 5. The first-order valence-corrected chi connectivity index (χ1v) is 7.50. The number of hydrogen-bond acceptors (Lipinski definition) is 4. The van der Waals surface area contributed by atoms with Gasteiger partial charge in [0.15, 0.2) is 0 Å². The molecule has 0 aromatic heterocycles. The van der Waals surface area contributed by atoms with Crippen molar-refractivity contribution in [2.45, 2.75) is 32.2 Å². The lowest BCUT2D eigenvalue weighted by atomic mass is 9.92. The summed E-state index contributed by atoms with van der Waals surface area (Å²) < 4.78 is 5.44. The van der Waals surface area contributed by atoms with Crippen LogP contribution in [0, 0.1) is 11.8 Å². The predicted molar refractivity (Wildman–Crippen MR) is 74.9 cm³/mol. The van der Waals surface area contributed by atoms with Crippen molar-refractivity contribution in [1.29, 1.82) is 0 Å². The summed E-state index contributed by atoms with van der Waals surface area (Å²) in [6.45, 7) is 5.46. The predicted octanol–water partition coefficient (Wildman–Crippen LogP) is -0.275. The monoisotopic (exact) mass is 283 g/mol. The van der Waals surface area contributed by atoms with Crippen molar-refractivity contribution in [3.63, 3.8) is 0 Å². The summed E-state index contributed by atoms with van der Waals surface area (Å²) in [5, 5.41) is 3.32. The van der Waals surface area contributed by atoms with E-state index < -0.39 is 0 Å². The van der Waals surface area contributed by atoms with Crippen molar-refractivity contribution >= 4 is 11.8 Å². The average Bonchev–Trinajstić information content (AvgIpc) is 2.87. The Balaban J connectivity index is 1.83. The second-order valence-corrected chi connectivity index (χ2v) is 5.75. The van der Waals surface area contributed by atoms with Crippen LogP contribution in [0.4, 0.5) is 0 Å². The minimum Gasteiger partial charge on any atom is -0.379 e. The van der Waals surface area contributed by atoms with E-state index in [-0.39, 0.29) is 23.8 Å². The fraction of sp³-hybridized carbons (Fsp3) is 0.857. The van der Waals surface area contributed by atoms with Crippen LogP contribution in [0.1, 0.15) is 26.2 Å². The van der Waals surface area contributed by atoms with Crippen molar-refractivity contribution in [3.05, 3.63) is 0 Å². The van der Waals surface area contributed by atoms with Crippen LogP contribution >= 0.6 is 0 Å². The Morgan fingerprint density at radius 1 is 1.30 bits per heavy atom. The number of likely N-dealkylation sites (tertiary alicyclic amines) is 1. The summed E-state index contributed by atoms with van der Waals surface area (Å²) in [7, 11) is 0. The first-order chi connectivity index (χ1) is 9.61. The van der Waals surface area contributed by atoms with Gasteiger partial charge in [-0.25, -0.2) is 0 Å². The van der Waals surface area contributed by atoms with E-state index in [1.807, 2.05) is 11.8 Å². The third kappa shape index (κ3) is 3.70. The molecule has 0 spiro atoms. The van der Waals surface area contributed by atoms with Gasteiger partial charge in [0.1, 0.15) is 0 Å². The lowest BCUT2D eigenvalue weighted by molar-refractivity contribution is -0.137. The van der Waals surface area contributed by atoms with Gasteiger partial charge in [-0.3, -0.25) is 9.59 Å². The fourth-order valence-corrected chi connectivity index (χ4v) is 3.14. The van der Waals surface area contributed by atoms with Crippen LogP contribution < -0.4 is 11.1 Å². The number of hydrogen-bond donors (Lipinski definition) is 2. The van der Waals surface area contributed by atoms with Crippen molar-refractivity contribution in [3.8, 4) is 0 Å². The van der Waals surface area contributed by atoms with Crippen molar-refractivity contribution in [1.82, 2.24) is 10.2 Å². The Labute approximate surface area is 120 Å². The van der Waals surface area contributed by atoms with Crippen LogP contribution in [0.2, 0.25) is 0 Å². The smallest absolute Gasteiger partial charge is 0.229 e. The molecule has 114 valence electrons. The lowest BCUT2D eigenvalue weighted by Crippen LogP contribution is -2.48. The Morgan fingerprint density at radius 2 is 2.00 bits per heavy atom. The Morgan fingerprint density at radius 3 is 2.60 bits per heavy atom. The number of ether oxygens (including phenoxy) is 1. The number of nitrogens with two attached hydrogens (primary N) is 1. The maximum atomic E-state index is 12.5. The molecule has 6 heteroatoms. The van der Waals surface area contributed by atoms with Crippen LogP contribution in [-0.2, 0) is 14.3 Å². The van der Waals surface area contributed by atoms with Gasteiger partial charge in [-0.15, -0.1) is 0 Å². The van der Waals surface area contributed by atoms with E-state index in [1.54, 1.807) is 0 Å². The highest BCUT2D eigenvalue weighted by Crippen LogP contribution is 2.24. The summed E-state index contributed by atoms with van der Waals surface area (Å²) >= 11 is 0. The fourth-order valence-electron chi connectivity index (χ4n) is 3.14. The minimum atomic E-state index is -0.244. The van der Waals surface area contributed by atoms with Crippen LogP contribution in [0.15, 0.2) is 0 Å². The molecule has 0 aromatic rings. The highest BCUT2D eigenvalue weighted by molar-refractivity contribution is 5.80. The number of primary amides is 1. The number of nitrogens with zero attached hydrogens (tertiary/aromatic N) is 1. The molecule has 3 N–H and O–H groups in total. The third-order valence-electron chi connectivity index (χ3n) is 4.28. The maximum absolute atomic E-state index is 12.5. The van der Waals surface area contributed by atoms with Gasteiger partial charge in [0.2, 0.25) is 11.8 Å². The zero-order valence-electron chi connectivity index (χ0n) is 12.1. The molecule has 2 fully saturated rings. The molecule has 2 rings (SSSR count). The Bertz CT molecular complexity index is 354. The number of carbonyl (C=O) groups is 2. The van der Waals surface area contributed by atoms with E-state index in [1.165, 1.54) is 0 Å². The molecule has 0 aromatic carbocycles. The molecule has 0 aliphatic carbocycles. The van der Waals surface area contributed by atoms with E-state index in [2.05, 4.69) is 5.32 Å². The summed E-state index contributed by atoms with van der Waals surface area (Å²) in [6.07, 6.45) is 2.18. The second-order valence-electron chi connectivity index (χ2n) is 5.75. The largest absolute Gasteiger partial charge is 0.379 e. The molecule has 0 saturated carbocycles. The SMILES string of the molecule is CCNC1COCC1C(=O)N1CCC(CC(N)=O)CC1. The number of carbonyl (C=O) groups excluding carboxylic acids is 2. The number of amides is 2. The Kier molecular flexibility index (Phi) is 5.37. The molecule has 2 saturated heterocycles. The molecule has 2 amide bonds. The van der Waals surface area contributed by atoms with Gasteiger partial charge in [0, 0.05) is 25.6 Å². The quantitative estimate of drug-likeness (QED) is 0.727. The van der Waals surface area contributed by atoms with Crippen molar-refractivity contribution in [2.75, 3.05) is 32.8 Å². The number of piperidine rings is 1. The van der Waals surface area contributed by atoms with E-state index >= 15 is 0 Å². The highest BCUT2D eigenvalue weighted by Gasteiger charge is 2.37. The molecule has 20 heavy (non-hydrogen) atoms. The van der Waals surface area contributed by atoms with Gasteiger partial charge < -0.3 is 20.7 Å². The van der Waals surface area contributed by atoms with Crippen LogP contribution in [-0.4, -0.2) is 55.6 Å². The van der Waals surface area contributed by atoms with E-state index in [4.69, 9.17) is 10.5 Å². The molecule has 6 nitrogen and oxygen atoms in total. The van der Waals surface area contributed by atoms with Crippen LogP contribution in [0.3, 0.4) is 0 Å². The summed E-state index contributed by atoms with van der Waals surface area (Å²) in [4.78, 5) is 25.4. The van der Waals surface area contributed by atoms with E-state index in [0.717, 1.165) is 32.5 Å². The lowest BCUT2D eigenvalue weighted by Gasteiger charge is -2.34. The standard InChI is InChI=1S/C14H25N3O3/c1-2-16-12-9-20-8-11(12)14(19)17-5-3-10(4-6-17)7-13(15)18/h10-12,16H,2-9H2,1H3,(H2,15,18). The number of nitrogens with one attached hydrogen (secondary N) is 1. The van der Waals surface area contributed by atoms with Crippen LogP contribution in [0.5, 0.6) is 0 Å². The number of likely N-dealkylation sites (N-methyl/N-ethyl adjacent to an activating group) is 1. The zero-order chi connectivity index (χ0) is 14.5. The van der Waals surface area contributed by atoms with E-state index in [0.29, 0.717) is 25.6 Å². The zero-order valence-corrected chi connectivity index (χ0v) is 12.1.